The van der Waals surface area contributed by atoms with Crippen molar-refractivity contribution in [3.8, 4) is 11.5 Å². The summed E-state index contributed by atoms with van der Waals surface area (Å²) < 4.78 is 0. The fraction of sp³-hybridized carbons (Fsp3) is 0.111. The van der Waals surface area contributed by atoms with Crippen molar-refractivity contribution in [2.24, 2.45) is 0 Å². The van der Waals surface area contributed by atoms with E-state index in [-0.39, 0.29) is 0 Å². The summed E-state index contributed by atoms with van der Waals surface area (Å²) in [6.45, 7) is 2.21. The highest BCUT2D eigenvalue weighted by Crippen LogP contribution is 2.31. The molecule has 0 amide bonds. The molecule has 0 aliphatic rings. The molecular weight excluding hydrogens is 352 g/mol. The van der Waals surface area contributed by atoms with Gasteiger partial charge in [0.15, 0.2) is 0 Å². The summed E-state index contributed by atoms with van der Waals surface area (Å²) in [6.07, 6.45) is 1.20. The van der Waals surface area contributed by atoms with Crippen molar-refractivity contribution >= 4 is 52.6 Å². The van der Waals surface area contributed by atoms with Gasteiger partial charge in [-0.3, -0.25) is 0 Å². The zero-order valence-electron chi connectivity index (χ0n) is 15.9. The molecule has 0 aliphatic carbocycles. The number of rotatable bonds is 2. The monoisotopic (exact) mass is 372 g/mol. The molecule has 0 atom stereocenters. The van der Waals surface area contributed by atoms with Crippen molar-refractivity contribution in [2.75, 3.05) is 0 Å². The van der Waals surface area contributed by atoms with Crippen LogP contribution in [0, 0.1) is 11.5 Å². The number of benzene rings is 5. The number of fused-ring (bicyclic) bond motifs is 4. The third-order valence-corrected chi connectivity index (χ3v) is 6.37. The molecule has 0 spiro atoms. The van der Waals surface area contributed by atoms with Crippen molar-refractivity contribution in [1.82, 2.24) is 0 Å². The smallest absolute Gasteiger partial charge is 0.130 e. The Hall–Kier alpha value is -3.08. The minimum Gasteiger partial charge on any atom is -0.130 e. The highest BCUT2D eigenvalue weighted by atomic mass is 28.2. The number of hydrogen-bond donors (Lipinski definition) is 0. The standard InChI is InChI=1S/C27H20Si/c1-2-11-28-12-10-19-8-5-9-22-15-25-16-23-13-20-6-3-4-7-21(20)14-24(23)17-26(25)18-27(19)22/h3-9,13-18H,2,11H2,1H3. The molecule has 0 saturated carbocycles. The molecule has 0 aromatic heterocycles. The van der Waals surface area contributed by atoms with Crippen molar-refractivity contribution in [1.29, 1.82) is 0 Å². The summed E-state index contributed by atoms with van der Waals surface area (Å²) in [5.74, 6) is 3.41. The topological polar surface area (TPSA) is 0 Å². The summed E-state index contributed by atoms with van der Waals surface area (Å²) in [7, 11) is 0.727. The van der Waals surface area contributed by atoms with E-state index in [1.807, 2.05) is 0 Å². The van der Waals surface area contributed by atoms with Crippen LogP contribution in [-0.2, 0) is 0 Å². The van der Waals surface area contributed by atoms with Crippen molar-refractivity contribution in [3.05, 3.63) is 84.4 Å². The fourth-order valence-electron chi connectivity index (χ4n) is 3.88. The minimum absolute atomic E-state index is 0.727. The van der Waals surface area contributed by atoms with Gasteiger partial charge in [0.05, 0.1) is 0 Å². The molecule has 0 fully saturated rings. The Morgan fingerprint density at radius 2 is 1.21 bits per heavy atom. The van der Waals surface area contributed by atoms with Gasteiger partial charge in [-0.15, -0.1) is 5.54 Å². The molecule has 0 N–H and O–H groups in total. The summed E-state index contributed by atoms with van der Waals surface area (Å²) in [5, 5.41) is 10.2. The van der Waals surface area contributed by atoms with E-state index in [2.05, 4.69) is 97.3 Å². The van der Waals surface area contributed by atoms with Crippen LogP contribution >= 0.6 is 0 Å². The lowest BCUT2D eigenvalue weighted by Gasteiger charge is -2.08. The third-order valence-electron chi connectivity index (χ3n) is 5.32. The average molecular weight is 373 g/mol. The molecule has 2 radical (unpaired) electrons. The van der Waals surface area contributed by atoms with Gasteiger partial charge >= 0.3 is 0 Å². The first-order chi connectivity index (χ1) is 13.8. The van der Waals surface area contributed by atoms with Gasteiger partial charge in [-0.25, -0.2) is 0 Å². The number of hydrogen-bond acceptors (Lipinski definition) is 0. The Morgan fingerprint density at radius 3 is 1.89 bits per heavy atom. The molecule has 0 heterocycles. The molecule has 132 valence electrons. The molecule has 0 saturated heterocycles. The molecule has 5 rings (SSSR count). The first kappa shape index (κ1) is 17.0. The van der Waals surface area contributed by atoms with Gasteiger partial charge in [0.1, 0.15) is 9.52 Å². The van der Waals surface area contributed by atoms with E-state index in [1.54, 1.807) is 0 Å². The zero-order valence-corrected chi connectivity index (χ0v) is 16.9. The van der Waals surface area contributed by atoms with Crippen LogP contribution in [0.1, 0.15) is 18.9 Å². The van der Waals surface area contributed by atoms with Gasteiger partial charge in [-0.1, -0.05) is 55.7 Å². The van der Waals surface area contributed by atoms with Crippen LogP contribution in [0.2, 0.25) is 6.04 Å². The van der Waals surface area contributed by atoms with Gasteiger partial charge in [0, 0.05) is 5.56 Å². The molecule has 0 unspecified atom stereocenters. The summed E-state index contributed by atoms with van der Waals surface area (Å²) in [5.41, 5.74) is 4.51. The highest BCUT2D eigenvalue weighted by Gasteiger charge is 2.05. The predicted octanol–water partition coefficient (Wildman–Crippen LogP) is 7.14. The molecule has 5 aromatic rings. The second-order valence-corrected chi connectivity index (χ2v) is 8.41. The predicted molar refractivity (Wildman–Crippen MR) is 124 cm³/mol. The molecule has 0 nitrogen and oxygen atoms in total. The second-order valence-electron chi connectivity index (χ2n) is 7.30. The van der Waals surface area contributed by atoms with Crippen LogP contribution in [0.15, 0.2) is 78.9 Å². The van der Waals surface area contributed by atoms with Gasteiger partial charge in [-0.2, -0.15) is 0 Å². The maximum absolute atomic E-state index is 3.41. The van der Waals surface area contributed by atoms with Crippen LogP contribution in [0.4, 0.5) is 0 Å². The second kappa shape index (κ2) is 7.15. The van der Waals surface area contributed by atoms with Crippen LogP contribution in [0.25, 0.3) is 43.1 Å². The summed E-state index contributed by atoms with van der Waals surface area (Å²) >= 11 is 0. The van der Waals surface area contributed by atoms with E-state index in [0.29, 0.717) is 0 Å². The van der Waals surface area contributed by atoms with Crippen molar-refractivity contribution in [2.45, 2.75) is 19.4 Å². The Kier molecular flexibility index (Phi) is 4.35. The van der Waals surface area contributed by atoms with Crippen LogP contribution in [-0.4, -0.2) is 9.52 Å². The third kappa shape index (κ3) is 3.07. The van der Waals surface area contributed by atoms with Gasteiger partial charge in [-0.05, 0) is 91.6 Å². The van der Waals surface area contributed by atoms with E-state index in [4.69, 9.17) is 0 Å². The molecular formula is C27H20Si. The van der Waals surface area contributed by atoms with Crippen LogP contribution in [0.3, 0.4) is 0 Å². The molecule has 0 bridgehead atoms. The van der Waals surface area contributed by atoms with Crippen molar-refractivity contribution < 1.29 is 0 Å². The maximum atomic E-state index is 3.41. The van der Waals surface area contributed by atoms with E-state index in [9.17, 15) is 0 Å². The molecule has 28 heavy (non-hydrogen) atoms. The van der Waals surface area contributed by atoms with Crippen molar-refractivity contribution in [3.63, 3.8) is 0 Å². The summed E-state index contributed by atoms with van der Waals surface area (Å²) in [4.78, 5) is 0. The minimum atomic E-state index is 0.727. The molecule has 1 heteroatoms. The van der Waals surface area contributed by atoms with E-state index < -0.39 is 0 Å². The average Bonchev–Trinajstić information content (AvgIpc) is 2.72. The fourth-order valence-corrected chi connectivity index (χ4v) is 4.48. The maximum Gasteiger partial charge on any atom is 0.148 e. The SMILES string of the molecule is CCC[Si]C#Cc1cccc2cc3cc4cc5ccccc5cc4cc3cc12. The first-order valence-corrected chi connectivity index (χ1v) is 11.1. The Labute approximate surface area is 168 Å². The van der Waals surface area contributed by atoms with Gasteiger partial charge in [0.25, 0.3) is 0 Å². The van der Waals surface area contributed by atoms with E-state index in [1.165, 1.54) is 55.6 Å². The normalized spacial score (nSPS) is 11.2. The van der Waals surface area contributed by atoms with Crippen LogP contribution < -0.4 is 0 Å². The Morgan fingerprint density at radius 1 is 0.643 bits per heavy atom. The first-order valence-electron chi connectivity index (χ1n) is 9.85. The van der Waals surface area contributed by atoms with Crippen LogP contribution in [0.5, 0.6) is 0 Å². The Balaban J connectivity index is 1.72. The Bertz CT molecular complexity index is 1400. The molecule has 5 aromatic carbocycles. The van der Waals surface area contributed by atoms with E-state index in [0.717, 1.165) is 15.1 Å². The molecule has 0 aliphatic heterocycles. The van der Waals surface area contributed by atoms with Gasteiger partial charge < -0.3 is 0 Å². The highest BCUT2D eigenvalue weighted by molar-refractivity contribution is 6.46. The lowest BCUT2D eigenvalue weighted by molar-refractivity contribution is 1.08. The quantitative estimate of drug-likeness (QED) is 0.134. The lowest BCUT2D eigenvalue weighted by Crippen LogP contribution is -1.85. The lowest BCUT2D eigenvalue weighted by atomic mass is 9.96. The zero-order chi connectivity index (χ0) is 18.9. The van der Waals surface area contributed by atoms with E-state index >= 15 is 0 Å². The van der Waals surface area contributed by atoms with Gasteiger partial charge in [0.2, 0.25) is 0 Å². The largest absolute Gasteiger partial charge is 0.148 e. The summed E-state index contributed by atoms with van der Waals surface area (Å²) in [6, 6.07) is 30.1.